The molecule has 0 saturated carbocycles. The minimum Gasteiger partial charge on any atom is -0.504 e. The molecule has 1 aliphatic rings. The average Bonchev–Trinajstić information content (AvgIpc) is 3.05. The van der Waals surface area contributed by atoms with E-state index in [1.165, 1.54) is 11.8 Å². The summed E-state index contributed by atoms with van der Waals surface area (Å²) >= 11 is 2.88. The molecule has 1 fully saturated rings. The second kappa shape index (κ2) is 8.94. The zero-order valence-electron chi connectivity index (χ0n) is 16.4. The van der Waals surface area contributed by atoms with Crippen molar-refractivity contribution in [2.24, 2.45) is 0 Å². The molecule has 5 nitrogen and oxygen atoms in total. The molecular formula is C21H24N2O3S2. The Morgan fingerprint density at radius 1 is 1.29 bits per heavy atom. The Labute approximate surface area is 174 Å². The lowest BCUT2D eigenvalue weighted by Gasteiger charge is -2.21. The Morgan fingerprint density at radius 2 is 2.04 bits per heavy atom. The van der Waals surface area contributed by atoms with Crippen LogP contribution in [0.3, 0.4) is 0 Å². The predicted octanol–water partition coefficient (Wildman–Crippen LogP) is 5.17. The predicted molar refractivity (Wildman–Crippen MR) is 118 cm³/mol. The van der Waals surface area contributed by atoms with Gasteiger partial charge in [-0.25, -0.2) is 5.01 Å². The summed E-state index contributed by atoms with van der Waals surface area (Å²) in [6.07, 6.45) is 4.04. The number of phenols is 1. The minimum atomic E-state index is 0.00567. The number of carbonyl (C=O) groups is 1. The molecule has 28 heavy (non-hydrogen) atoms. The number of carbonyl (C=O) groups excluding carboxylic acids is 1. The molecule has 0 radical (unpaired) electrons. The van der Waals surface area contributed by atoms with E-state index in [2.05, 4.69) is 6.07 Å². The first-order valence-electron chi connectivity index (χ1n) is 8.95. The van der Waals surface area contributed by atoms with Gasteiger partial charge in [0.05, 0.1) is 13.2 Å². The number of rotatable bonds is 6. The number of phenolic OH excluding ortho intramolecular Hbond substituents is 1. The lowest BCUT2D eigenvalue weighted by Crippen LogP contribution is -2.36. The van der Waals surface area contributed by atoms with Gasteiger partial charge in [0.25, 0.3) is 0 Å². The quantitative estimate of drug-likeness (QED) is 0.656. The van der Waals surface area contributed by atoms with Crippen molar-refractivity contribution >= 4 is 34.8 Å². The molecule has 2 aromatic rings. The lowest BCUT2D eigenvalue weighted by atomic mass is 9.97. The van der Waals surface area contributed by atoms with E-state index in [-0.39, 0.29) is 11.0 Å². The number of thioether (sulfide) groups is 2. The Kier molecular flexibility index (Phi) is 6.59. The van der Waals surface area contributed by atoms with Crippen molar-refractivity contribution in [3.05, 3.63) is 46.9 Å². The fourth-order valence-electron chi connectivity index (χ4n) is 3.09. The van der Waals surface area contributed by atoms with Crippen LogP contribution in [0.1, 0.15) is 12.5 Å². The molecule has 1 N–H and O–H groups in total. The summed E-state index contributed by atoms with van der Waals surface area (Å²) in [7, 11) is 3.71. The summed E-state index contributed by atoms with van der Waals surface area (Å²) in [5.74, 6) is 0.581. The topological polar surface area (TPSA) is 53.0 Å². The van der Waals surface area contributed by atoms with Gasteiger partial charge in [-0.15, -0.1) is 11.8 Å². The van der Waals surface area contributed by atoms with Crippen molar-refractivity contribution in [3.8, 4) is 22.6 Å². The van der Waals surface area contributed by atoms with E-state index in [1.807, 2.05) is 57.6 Å². The van der Waals surface area contributed by atoms with Crippen LogP contribution in [-0.2, 0) is 0 Å². The molecule has 3 rings (SSSR count). The van der Waals surface area contributed by atoms with E-state index >= 15 is 0 Å². The Balaban J connectivity index is 2.16. The molecule has 2 aromatic carbocycles. The van der Waals surface area contributed by atoms with Crippen molar-refractivity contribution in [1.29, 1.82) is 0 Å². The standard InChI is InChI=1S/C21H24N2O3S2/c1-5-26-20-17(24)11-10-14(12-15-13-23(22(2)3)21(25)28-15)19(20)16-8-6-7-9-18(16)27-4/h6-12,24H,5,13H2,1-4H3/b15-12-. The Morgan fingerprint density at radius 3 is 2.68 bits per heavy atom. The summed E-state index contributed by atoms with van der Waals surface area (Å²) in [5, 5.41) is 14.0. The molecule has 1 saturated heterocycles. The number of hydrazine groups is 1. The van der Waals surface area contributed by atoms with Gasteiger partial charge in [-0.3, -0.25) is 9.80 Å². The first kappa shape index (κ1) is 20.6. The molecule has 0 spiro atoms. The van der Waals surface area contributed by atoms with Crippen LogP contribution in [0, 0.1) is 0 Å². The largest absolute Gasteiger partial charge is 0.504 e. The normalized spacial score (nSPS) is 15.7. The number of ether oxygens (including phenoxy) is 1. The van der Waals surface area contributed by atoms with Crippen molar-refractivity contribution in [1.82, 2.24) is 10.0 Å². The van der Waals surface area contributed by atoms with Crippen LogP contribution in [0.25, 0.3) is 17.2 Å². The van der Waals surface area contributed by atoms with Gasteiger partial charge in [0.2, 0.25) is 0 Å². The fraction of sp³-hybridized carbons (Fsp3) is 0.286. The molecule has 1 heterocycles. The average molecular weight is 417 g/mol. The van der Waals surface area contributed by atoms with Gasteiger partial charge in [0.15, 0.2) is 11.5 Å². The zero-order valence-corrected chi connectivity index (χ0v) is 18.1. The number of nitrogens with zero attached hydrogens (tertiary/aromatic N) is 2. The molecule has 1 amide bonds. The smallest absolute Gasteiger partial charge is 0.300 e. The van der Waals surface area contributed by atoms with Crippen LogP contribution in [0.4, 0.5) is 4.79 Å². The molecular weight excluding hydrogens is 392 g/mol. The van der Waals surface area contributed by atoms with Crippen molar-refractivity contribution < 1.29 is 14.6 Å². The van der Waals surface area contributed by atoms with E-state index in [1.54, 1.807) is 27.8 Å². The second-order valence-corrected chi connectivity index (χ2v) is 8.32. The van der Waals surface area contributed by atoms with Crippen LogP contribution in [-0.4, -0.2) is 53.9 Å². The molecule has 0 aliphatic carbocycles. The maximum atomic E-state index is 12.2. The Hall–Kier alpha value is -2.09. The van der Waals surface area contributed by atoms with E-state index < -0.39 is 0 Å². The van der Waals surface area contributed by atoms with Crippen molar-refractivity contribution in [3.63, 3.8) is 0 Å². The van der Waals surface area contributed by atoms with Crippen LogP contribution in [0.5, 0.6) is 11.5 Å². The first-order chi connectivity index (χ1) is 13.5. The first-order valence-corrected chi connectivity index (χ1v) is 11.0. The minimum absolute atomic E-state index is 0.00567. The zero-order chi connectivity index (χ0) is 20.3. The summed E-state index contributed by atoms with van der Waals surface area (Å²) < 4.78 is 5.83. The van der Waals surface area contributed by atoms with Crippen molar-refractivity contribution in [2.75, 3.05) is 33.5 Å². The van der Waals surface area contributed by atoms with Crippen LogP contribution < -0.4 is 4.74 Å². The van der Waals surface area contributed by atoms with Crippen LogP contribution >= 0.6 is 23.5 Å². The monoisotopic (exact) mass is 416 g/mol. The van der Waals surface area contributed by atoms with E-state index in [4.69, 9.17) is 4.74 Å². The highest BCUT2D eigenvalue weighted by Crippen LogP contribution is 2.45. The number of benzene rings is 2. The maximum Gasteiger partial charge on any atom is 0.300 e. The second-order valence-electron chi connectivity index (χ2n) is 6.39. The molecule has 0 atom stereocenters. The lowest BCUT2D eigenvalue weighted by molar-refractivity contribution is 0.0943. The van der Waals surface area contributed by atoms with Crippen molar-refractivity contribution in [2.45, 2.75) is 11.8 Å². The van der Waals surface area contributed by atoms with Crippen LogP contribution in [0.15, 0.2) is 46.2 Å². The molecule has 0 unspecified atom stereocenters. The third kappa shape index (κ3) is 4.16. The number of amides is 1. The highest BCUT2D eigenvalue weighted by atomic mass is 32.2. The van der Waals surface area contributed by atoms with Gasteiger partial charge in [-0.2, -0.15) is 0 Å². The fourth-order valence-corrected chi connectivity index (χ4v) is 4.62. The highest BCUT2D eigenvalue weighted by Gasteiger charge is 2.28. The van der Waals surface area contributed by atoms with E-state index in [9.17, 15) is 9.90 Å². The van der Waals surface area contributed by atoms with Gasteiger partial charge < -0.3 is 9.84 Å². The SMILES string of the molecule is CCOc1c(O)ccc(/C=C2/CN(N(C)C)C(=O)S2)c1-c1ccccc1SC. The van der Waals surface area contributed by atoms with Gasteiger partial charge in [-0.05, 0) is 54.3 Å². The number of hydrogen-bond donors (Lipinski definition) is 1. The Bertz CT molecular complexity index is 913. The van der Waals surface area contributed by atoms with E-state index in [0.717, 1.165) is 26.5 Å². The van der Waals surface area contributed by atoms with Crippen LogP contribution in [0.2, 0.25) is 0 Å². The van der Waals surface area contributed by atoms with Gasteiger partial charge in [0.1, 0.15) is 0 Å². The van der Waals surface area contributed by atoms with Gasteiger partial charge in [0, 0.05) is 29.5 Å². The molecule has 148 valence electrons. The molecule has 0 bridgehead atoms. The summed E-state index contributed by atoms with van der Waals surface area (Å²) in [5.41, 5.74) is 2.76. The van der Waals surface area contributed by atoms with Gasteiger partial charge >= 0.3 is 5.24 Å². The third-order valence-electron chi connectivity index (χ3n) is 4.37. The maximum absolute atomic E-state index is 12.2. The molecule has 7 heteroatoms. The summed E-state index contributed by atoms with van der Waals surface area (Å²) in [6.45, 7) is 2.88. The van der Waals surface area contributed by atoms with Gasteiger partial charge in [-0.1, -0.05) is 24.3 Å². The molecule has 1 aliphatic heterocycles. The summed E-state index contributed by atoms with van der Waals surface area (Å²) in [6, 6.07) is 11.6. The summed E-state index contributed by atoms with van der Waals surface area (Å²) in [4.78, 5) is 14.3. The number of aromatic hydroxyl groups is 1. The van der Waals surface area contributed by atoms with E-state index in [0.29, 0.717) is 18.9 Å². The number of hydrogen-bond acceptors (Lipinski definition) is 6. The highest BCUT2D eigenvalue weighted by molar-refractivity contribution is 8.17. The third-order valence-corrected chi connectivity index (χ3v) is 6.06. The molecule has 0 aromatic heterocycles.